The number of esters is 1. The first kappa shape index (κ1) is 19.0. The van der Waals surface area contributed by atoms with Crippen LogP contribution in [0.4, 0.5) is 5.69 Å². The van der Waals surface area contributed by atoms with Crippen LogP contribution in [0.5, 0.6) is 5.75 Å². The topological polar surface area (TPSA) is 64.6 Å². The molecule has 0 unspecified atom stereocenters. The third kappa shape index (κ3) is 5.32. The lowest BCUT2D eigenvalue weighted by Gasteiger charge is -2.11. The van der Waals surface area contributed by atoms with Gasteiger partial charge in [-0.3, -0.25) is 4.79 Å². The van der Waals surface area contributed by atoms with Gasteiger partial charge in [0.1, 0.15) is 5.75 Å². The molecule has 2 rings (SSSR count). The van der Waals surface area contributed by atoms with Crippen LogP contribution in [0.25, 0.3) is 0 Å². The normalized spacial score (nSPS) is 10.2. The highest BCUT2D eigenvalue weighted by Crippen LogP contribution is 2.24. The van der Waals surface area contributed by atoms with Crippen molar-refractivity contribution in [2.75, 3.05) is 18.5 Å². The van der Waals surface area contributed by atoms with Crippen LogP contribution in [0, 0.1) is 0 Å². The number of carbonyl (C=O) groups excluding carboxylic acids is 2. The maximum atomic E-state index is 12.5. The summed E-state index contributed by atoms with van der Waals surface area (Å²) in [5.74, 6) is -0.139. The molecule has 5 nitrogen and oxygen atoms in total. The van der Waals surface area contributed by atoms with Gasteiger partial charge >= 0.3 is 5.97 Å². The fourth-order valence-corrected chi connectivity index (χ4v) is 2.49. The Kier molecular flexibility index (Phi) is 7.01. The number of ether oxygens (including phenoxy) is 2. The van der Waals surface area contributed by atoms with E-state index in [9.17, 15) is 9.59 Å². The molecule has 0 fully saturated rings. The Morgan fingerprint density at radius 3 is 2.44 bits per heavy atom. The van der Waals surface area contributed by atoms with E-state index in [4.69, 9.17) is 9.47 Å². The molecule has 25 heavy (non-hydrogen) atoms. The minimum Gasteiger partial charge on any atom is -0.493 e. The van der Waals surface area contributed by atoms with Crippen molar-refractivity contribution in [1.82, 2.24) is 0 Å². The van der Waals surface area contributed by atoms with E-state index in [1.165, 1.54) is 0 Å². The maximum Gasteiger partial charge on any atom is 0.338 e. The van der Waals surface area contributed by atoms with Crippen molar-refractivity contribution in [2.24, 2.45) is 0 Å². The van der Waals surface area contributed by atoms with E-state index >= 15 is 0 Å². The van der Waals surface area contributed by atoms with Crippen LogP contribution in [0.1, 0.15) is 41.0 Å². The van der Waals surface area contributed by atoms with Gasteiger partial charge in [0, 0.05) is 10.2 Å². The smallest absolute Gasteiger partial charge is 0.338 e. The number of halogens is 1. The number of benzene rings is 2. The molecule has 0 aliphatic rings. The lowest BCUT2D eigenvalue weighted by Crippen LogP contribution is -2.14. The third-order valence-electron chi connectivity index (χ3n) is 3.30. The molecule has 2 aromatic carbocycles. The standard InChI is InChI=1S/C19H20BrNO4/c1-3-11-25-19(23)13-5-8-15(9-6-13)21-18(22)16-12-14(20)7-10-17(16)24-4-2/h5-10,12H,3-4,11H2,1-2H3,(H,21,22). The Morgan fingerprint density at radius 2 is 1.80 bits per heavy atom. The molecular weight excluding hydrogens is 386 g/mol. The SMILES string of the molecule is CCCOC(=O)c1ccc(NC(=O)c2cc(Br)ccc2OCC)cc1. The quantitative estimate of drug-likeness (QED) is 0.679. The third-order valence-corrected chi connectivity index (χ3v) is 3.80. The monoisotopic (exact) mass is 405 g/mol. The minimum atomic E-state index is -0.370. The highest BCUT2D eigenvalue weighted by Gasteiger charge is 2.14. The lowest BCUT2D eigenvalue weighted by atomic mass is 10.1. The van der Waals surface area contributed by atoms with Crippen molar-refractivity contribution in [3.63, 3.8) is 0 Å². The summed E-state index contributed by atoms with van der Waals surface area (Å²) in [5, 5.41) is 2.80. The number of carbonyl (C=O) groups is 2. The molecule has 0 aromatic heterocycles. The molecule has 0 heterocycles. The van der Waals surface area contributed by atoms with E-state index < -0.39 is 0 Å². The van der Waals surface area contributed by atoms with E-state index in [1.54, 1.807) is 36.4 Å². The fourth-order valence-electron chi connectivity index (χ4n) is 2.13. The van der Waals surface area contributed by atoms with Crippen LogP contribution in [0.15, 0.2) is 46.9 Å². The number of hydrogen-bond acceptors (Lipinski definition) is 4. The number of amides is 1. The Morgan fingerprint density at radius 1 is 1.08 bits per heavy atom. The average Bonchev–Trinajstić information content (AvgIpc) is 2.62. The zero-order chi connectivity index (χ0) is 18.2. The van der Waals surface area contributed by atoms with Gasteiger partial charge in [-0.1, -0.05) is 22.9 Å². The van der Waals surface area contributed by atoms with Crippen LogP contribution in [0.3, 0.4) is 0 Å². The van der Waals surface area contributed by atoms with Crippen LogP contribution in [-0.4, -0.2) is 25.1 Å². The molecule has 0 aliphatic carbocycles. The van der Waals surface area contributed by atoms with Gasteiger partial charge in [0.2, 0.25) is 0 Å². The molecule has 1 N–H and O–H groups in total. The summed E-state index contributed by atoms with van der Waals surface area (Å²) in [7, 11) is 0. The van der Waals surface area contributed by atoms with Gasteiger partial charge in [0.25, 0.3) is 5.91 Å². The van der Waals surface area contributed by atoms with Crippen LogP contribution >= 0.6 is 15.9 Å². The molecule has 2 aromatic rings. The number of rotatable bonds is 7. The molecule has 0 saturated carbocycles. The maximum absolute atomic E-state index is 12.5. The summed E-state index contributed by atoms with van der Waals surface area (Å²) in [6.07, 6.45) is 0.773. The summed E-state index contributed by atoms with van der Waals surface area (Å²) >= 11 is 3.36. The second kappa shape index (κ2) is 9.22. The molecule has 0 aliphatic heterocycles. The van der Waals surface area contributed by atoms with E-state index in [0.717, 1.165) is 10.9 Å². The minimum absolute atomic E-state index is 0.286. The zero-order valence-electron chi connectivity index (χ0n) is 14.2. The first-order valence-electron chi connectivity index (χ1n) is 8.06. The van der Waals surface area contributed by atoms with Gasteiger partial charge in [-0.25, -0.2) is 4.79 Å². The van der Waals surface area contributed by atoms with Crippen molar-refractivity contribution >= 4 is 33.5 Å². The van der Waals surface area contributed by atoms with Crippen LogP contribution in [-0.2, 0) is 4.74 Å². The molecule has 0 bridgehead atoms. The van der Waals surface area contributed by atoms with Crippen LogP contribution < -0.4 is 10.1 Å². The predicted molar refractivity (Wildman–Crippen MR) is 100 cm³/mol. The molecular formula is C19H20BrNO4. The van der Waals surface area contributed by atoms with E-state index in [-0.39, 0.29) is 11.9 Å². The summed E-state index contributed by atoms with van der Waals surface area (Å²) < 4.78 is 11.4. The van der Waals surface area contributed by atoms with Gasteiger partial charge in [-0.15, -0.1) is 0 Å². The lowest BCUT2D eigenvalue weighted by molar-refractivity contribution is 0.0505. The second-order valence-electron chi connectivity index (χ2n) is 5.24. The van der Waals surface area contributed by atoms with Gasteiger partial charge in [0.15, 0.2) is 0 Å². The van der Waals surface area contributed by atoms with Crippen LogP contribution in [0.2, 0.25) is 0 Å². The molecule has 0 radical (unpaired) electrons. The fraction of sp³-hybridized carbons (Fsp3) is 0.263. The Hall–Kier alpha value is -2.34. The summed E-state index contributed by atoms with van der Waals surface area (Å²) in [6.45, 7) is 4.65. The van der Waals surface area contributed by atoms with Gasteiger partial charge in [-0.05, 0) is 55.8 Å². The summed E-state index contributed by atoms with van der Waals surface area (Å²) in [5.41, 5.74) is 1.46. The van der Waals surface area contributed by atoms with Gasteiger partial charge < -0.3 is 14.8 Å². The van der Waals surface area contributed by atoms with Gasteiger partial charge in [0.05, 0.1) is 24.3 Å². The van der Waals surface area contributed by atoms with Gasteiger partial charge in [-0.2, -0.15) is 0 Å². The van der Waals surface area contributed by atoms with E-state index in [0.29, 0.717) is 35.8 Å². The Bertz CT molecular complexity index is 744. The summed E-state index contributed by atoms with van der Waals surface area (Å²) in [4.78, 5) is 24.3. The molecule has 6 heteroatoms. The van der Waals surface area contributed by atoms with E-state index in [1.807, 2.05) is 19.9 Å². The van der Waals surface area contributed by atoms with Crippen molar-refractivity contribution in [1.29, 1.82) is 0 Å². The van der Waals surface area contributed by atoms with Crippen molar-refractivity contribution in [3.8, 4) is 5.75 Å². The highest BCUT2D eigenvalue weighted by atomic mass is 79.9. The Balaban J connectivity index is 2.10. The molecule has 132 valence electrons. The average molecular weight is 406 g/mol. The number of nitrogens with one attached hydrogen (secondary N) is 1. The number of anilines is 1. The molecule has 0 saturated heterocycles. The van der Waals surface area contributed by atoms with Crippen molar-refractivity contribution in [2.45, 2.75) is 20.3 Å². The predicted octanol–water partition coefficient (Wildman–Crippen LogP) is 4.67. The van der Waals surface area contributed by atoms with E-state index in [2.05, 4.69) is 21.2 Å². The summed E-state index contributed by atoms with van der Waals surface area (Å²) in [6, 6.07) is 11.8. The first-order valence-corrected chi connectivity index (χ1v) is 8.85. The molecule has 0 spiro atoms. The Labute approximate surface area is 155 Å². The van der Waals surface area contributed by atoms with Crippen molar-refractivity contribution in [3.05, 3.63) is 58.1 Å². The number of hydrogen-bond donors (Lipinski definition) is 1. The largest absolute Gasteiger partial charge is 0.493 e. The highest BCUT2D eigenvalue weighted by molar-refractivity contribution is 9.10. The van der Waals surface area contributed by atoms with Crippen molar-refractivity contribution < 1.29 is 19.1 Å². The second-order valence-corrected chi connectivity index (χ2v) is 6.16. The molecule has 0 atom stereocenters. The zero-order valence-corrected chi connectivity index (χ0v) is 15.8. The first-order chi connectivity index (χ1) is 12.0. The molecule has 1 amide bonds.